The second kappa shape index (κ2) is 10.9. The summed E-state index contributed by atoms with van der Waals surface area (Å²) in [4.78, 5) is 33.1. The van der Waals surface area contributed by atoms with Crippen molar-refractivity contribution in [1.29, 1.82) is 0 Å². The molecule has 2 heterocycles. The highest BCUT2D eigenvalue weighted by molar-refractivity contribution is 5.97. The van der Waals surface area contributed by atoms with E-state index >= 15 is 0 Å². The van der Waals surface area contributed by atoms with Gasteiger partial charge < -0.3 is 19.9 Å². The molecule has 4 aromatic rings. The zero-order chi connectivity index (χ0) is 23.8. The highest BCUT2D eigenvalue weighted by Gasteiger charge is 2.11. The van der Waals surface area contributed by atoms with Gasteiger partial charge in [-0.3, -0.25) is 9.59 Å². The molecular weight excluding hydrogens is 437 g/mol. The lowest BCUT2D eigenvalue weighted by Crippen LogP contribution is -2.23. The molecule has 2 aromatic heterocycles. The van der Waals surface area contributed by atoms with Crippen LogP contribution in [0.4, 0.5) is 10.1 Å². The number of hydrogen-bond acceptors (Lipinski definition) is 5. The van der Waals surface area contributed by atoms with Gasteiger partial charge in [-0.05, 0) is 36.4 Å². The summed E-state index contributed by atoms with van der Waals surface area (Å²) in [7, 11) is 0. The maximum Gasteiger partial charge on any atom is 0.251 e. The predicted octanol–water partition coefficient (Wildman–Crippen LogP) is 4.17. The maximum atomic E-state index is 13.4. The molecule has 34 heavy (non-hydrogen) atoms. The summed E-state index contributed by atoms with van der Waals surface area (Å²) < 4.78 is 20.9. The van der Waals surface area contributed by atoms with Crippen LogP contribution >= 0.6 is 0 Å². The van der Waals surface area contributed by atoms with Crippen LogP contribution in [0.3, 0.4) is 0 Å². The monoisotopic (exact) mass is 459 g/mol. The number of rotatable bonds is 9. The van der Waals surface area contributed by atoms with Crippen molar-refractivity contribution in [3.05, 3.63) is 103 Å². The Kier molecular flexibility index (Phi) is 7.24. The smallest absolute Gasteiger partial charge is 0.251 e. The molecule has 2 aromatic carbocycles. The van der Waals surface area contributed by atoms with E-state index in [0.29, 0.717) is 29.1 Å². The fourth-order valence-corrected chi connectivity index (χ4v) is 3.18. The van der Waals surface area contributed by atoms with Crippen molar-refractivity contribution in [2.24, 2.45) is 0 Å². The molecular formula is C25H22FN5O3. The molecule has 4 rings (SSSR count). The van der Waals surface area contributed by atoms with Gasteiger partial charge in [-0.2, -0.15) is 0 Å². The van der Waals surface area contributed by atoms with E-state index in [1.807, 2.05) is 4.57 Å². The third-order valence-corrected chi connectivity index (χ3v) is 4.86. The van der Waals surface area contributed by atoms with E-state index < -0.39 is 5.82 Å². The van der Waals surface area contributed by atoms with E-state index in [9.17, 15) is 14.0 Å². The number of nitrogens with zero attached hydrogens (tertiary/aromatic N) is 3. The fourth-order valence-electron chi connectivity index (χ4n) is 3.18. The van der Waals surface area contributed by atoms with Crippen molar-refractivity contribution in [3.63, 3.8) is 0 Å². The number of amides is 2. The van der Waals surface area contributed by atoms with Crippen LogP contribution in [0.25, 0.3) is 0 Å². The van der Waals surface area contributed by atoms with Crippen LogP contribution in [0.15, 0.2) is 85.6 Å². The SMILES string of the molecule is O=C(CCn1ccnc1)Nc1cccc(C(=O)NCc2cccnc2Oc2cccc(F)c2)c1. The van der Waals surface area contributed by atoms with Crippen LogP contribution in [0, 0.1) is 5.82 Å². The van der Waals surface area contributed by atoms with Gasteiger partial charge >= 0.3 is 0 Å². The largest absolute Gasteiger partial charge is 0.439 e. The van der Waals surface area contributed by atoms with Crippen LogP contribution in [0.5, 0.6) is 11.6 Å². The number of anilines is 1. The number of carbonyl (C=O) groups is 2. The van der Waals surface area contributed by atoms with Gasteiger partial charge in [0.1, 0.15) is 11.6 Å². The zero-order valence-electron chi connectivity index (χ0n) is 18.1. The first-order valence-electron chi connectivity index (χ1n) is 10.6. The van der Waals surface area contributed by atoms with Gasteiger partial charge in [0.15, 0.2) is 0 Å². The Morgan fingerprint density at radius 3 is 2.74 bits per heavy atom. The average molecular weight is 459 g/mol. The third kappa shape index (κ3) is 6.26. The van der Waals surface area contributed by atoms with E-state index in [2.05, 4.69) is 20.6 Å². The summed E-state index contributed by atoms with van der Waals surface area (Å²) in [5.41, 5.74) is 1.55. The van der Waals surface area contributed by atoms with Gasteiger partial charge in [0, 0.05) is 61.0 Å². The molecule has 2 amide bonds. The quantitative estimate of drug-likeness (QED) is 0.392. The van der Waals surface area contributed by atoms with Crippen molar-refractivity contribution >= 4 is 17.5 Å². The number of ether oxygens (including phenoxy) is 1. The molecule has 0 radical (unpaired) electrons. The molecule has 0 saturated carbocycles. The number of nitrogens with one attached hydrogen (secondary N) is 2. The van der Waals surface area contributed by atoms with Gasteiger partial charge in [0.2, 0.25) is 11.8 Å². The first-order chi connectivity index (χ1) is 16.6. The molecule has 0 aliphatic heterocycles. The number of carbonyl (C=O) groups excluding carboxylic acids is 2. The first kappa shape index (κ1) is 22.7. The Morgan fingerprint density at radius 1 is 1.03 bits per heavy atom. The summed E-state index contributed by atoms with van der Waals surface area (Å²) in [5, 5.41) is 5.62. The van der Waals surface area contributed by atoms with Gasteiger partial charge in [-0.15, -0.1) is 0 Å². The second-order valence-electron chi connectivity index (χ2n) is 7.39. The van der Waals surface area contributed by atoms with E-state index in [1.54, 1.807) is 73.4 Å². The lowest BCUT2D eigenvalue weighted by atomic mass is 10.1. The van der Waals surface area contributed by atoms with Gasteiger partial charge in [0.25, 0.3) is 5.91 Å². The maximum absolute atomic E-state index is 13.4. The normalized spacial score (nSPS) is 10.5. The summed E-state index contributed by atoms with van der Waals surface area (Å²) in [6.07, 6.45) is 6.92. The van der Waals surface area contributed by atoms with Crippen molar-refractivity contribution < 1.29 is 18.7 Å². The number of halogens is 1. The molecule has 0 unspecified atom stereocenters. The van der Waals surface area contributed by atoms with Gasteiger partial charge in [-0.25, -0.2) is 14.4 Å². The highest BCUT2D eigenvalue weighted by atomic mass is 19.1. The number of hydrogen-bond donors (Lipinski definition) is 2. The Bertz CT molecular complexity index is 1280. The average Bonchev–Trinajstić information content (AvgIpc) is 3.36. The Labute approximate surface area is 195 Å². The fraction of sp³-hybridized carbons (Fsp3) is 0.120. The lowest BCUT2D eigenvalue weighted by molar-refractivity contribution is -0.116. The second-order valence-corrected chi connectivity index (χ2v) is 7.39. The zero-order valence-corrected chi connectivity index (χ0v) is 18.1. The number of benzene rings is 2. The van der Waals surface area contributed by atoms with Crippen molar-refractivity contribution in [2.75, 3.05) is 5.32 Å². The third-order valence-electron chi connectivity index (χ3n) is 4.86. The lowest BCUT2D eigenvalue weighted by Gasteiger charge is -2.12. The summed E-state index contributed by atoms with van der Waals surface area (Å²) >= 11 is 0. The molecule has 0 bridgehead atoms. The number of aryl methyl sites for hydroxylation is 1. The predicted molar refractivity (Wildman–Crippen MR) is 124 cm³/mol. The van der Waals surface area contributed by atoms with Crippen LogP contribution in [0.2, 0.25) is 0 Å². The molecule has 8 nitrogen and oxygen atoms in total. The van der Waals surface area contributed by atoms with Crippen LogP contribution < -0.4 is 15.4 Å². The number of pyridine rings is 1. The van der Waals surface area contributed by atoms with Crippen molar-refractivity contribution in [3.8, 4) is 11.6 Å². The van der Waals surface area contributed by atoms with E-state index in [4.69, 9.17) is 4.74 Å². The molecule has 0 aliphatic rings. The van der Waals surface area contributed by atoms with Crippen LogP contribution in [-0.4, -0.2) is 26.3 Å². The van der Waals surface area contributed by atoms with E-state index in [-0.39, 0.29) is 30.7 Å². The first-order valence-corrected chi connectivity index (χ1v) is 10.6. The molecule has 0 saturated heterocycles. The highest BCUT2D eigenvalue weighted by Crippen LogP contribution is 2.23. The Hall–Kier alpha value is -4.53. The van der Waals surface area contributed by atoms with E-state index in [0.717, 1.165) is 0 Å². The molecule has 2 N–H and O–H groups in total. The minimum atomic E-state index is -0.419. The molecule has 0 aliphatic carbocycles. The molecule has 0 fully saturated rings. The standard InChI is InChI=1S/C25H22FN5O3/c26-20-6-2-8-22(15-20)34-25-19(5-3-10-28-25)16-29-24(33)18-4-1-7-21(14-18)30-23(32)9-12-31-13-11-27-17-31/h1-8,10-11,13-15,17H,9,12,16H2,(H,29,33)(H,30,32). The minimum absolute atomic E-state index is 0.152. The summed E-state index contributed by atoms with van der Waals surface area (Å²) in [6.45, 7) is 0.663. The Balaban J connectivity index is 1.35. The Morgan fingerprint density at radius 2 is 1.91 bits per heavy atom. The van der Waals surface area contributed by atoms with Crippen molar-refractivity contribution in [1.82, 2.24) is 19.9 Å². The number of imidazole rings is 1. The molecule has 9 heteroatoms. The minimum Gasteiger partial charge on any atom is -0.439 e. The molecule has 172 valence electrons. The van der Waals surface area contributed by atoms with Crippen LogP contribution in [0.1, 0.15) is 22.3 Å². The van der Waals surface area contributed by atoms with Crippen LogP contribution in [-0.2, 0) is 17.9 Å². The molecule has 0 spiro atoms. The summed E-state index contributed by atoms with van der Waals surface area (Å²) in [5.74, 6) is -0.331. The topological polar surface area (TPSA) is 98.1 Å². The van der Waals surface area contributed by atoms with E-state index in [1.165, 1.54) is 12.1 Å². The van der Waals surface area contributed by atoms with Crippen molar-refractivity contribution in [2.45, 2.75) is 19.5 Å². The number of aromatic nitrogens is 3. The molecule has 0 atom stereocenters. The van der Waals surface area contributed by atoms with Gasteiger partial charge in [-0.1, -0.05) is 18.2 Å². The summed E-state index contributed by atoms with van der Waals surface area (Å²) in [6, 6.07) is 15.9. The van der Waals surface area contributed by atoms with Gasteiger partial charge in [0.05, 0.1) is 6.33 Å².